The van der Waals surface area contributed by atoms with Crippen LogP contribution in [0.2, 0.25) is 0 Å². The summed E-state index contributed by atoms with van der Waals surface area (Å²) in [5, 5.41) is 8.58. The van der Waals surface area contributed by atoms with E-state index in [1.807, 2.05) is 0 Å². The highest BCUT2D eigenvalue weighted by atomic mass is 35.5. The highest BCUT2D eigenvalue weighted by Crippen LogP contribution is 2.65. The lowest BCUT2D eigenvalue weighted by molar-refractivity contribution is -0.165. The third-order valence-corrected chi connectivity index (χ3v) is 3.01. The highest BCUT2D eigenvalue weighted by molar-refractivity contribution is 5.85. The molecule has 3 nitrogen and oxygen atoms in total. The second kappa shape index (κ2) is 2.35. The summed E-state index contributed by atoms with van der Waals surface area (Å²) in [5.74, 6) is -0.0245. The topological polar surface area (TPSA) is 63.3 Å². The molecule has 3 aliphatic rings. The van der Waals surface area contributed by atoms with Crippen LogP contribution in [0.1, 0.15) is 19.3 Å². The molecule has 0 radical (unpaired) electrons. The Labute approximate surface area is 71.4 Å². The molecule has 4 heteroatoms. The van der Waals surface area contributed by atoms with Crippen LogP contribution in [0.4, 0.5) is 0 Å². The van der Waals surface area contributed by atoms with E-state index in [1.165, 1.54) is 0 Å². The number of aliphatic carboxylic acids is 1. The third kappa shape index (κ3) is 0.948. The molecule has 0 unspecified atom stereocenters. The summed E-state index contributed by atoms with van der Waals surface area (Å²) in [7, 11) is 0. The van der Waals surface area contributed by atoms with Crippen LogP contribution in [0, 0.1) is 11.3 Å². The molecule has 3 N–H and O–H groups in total. The highest BCUT2D eigenvalue weighted by Gasteiger charge is 2.61. The fraction of sp³-hybridized carbons (Fsp3) is 0.857. The monoisotopic (exact) mass is 177 g/mol. The van der Waals surface area contributed by atoms with Gasteiger partial charge in [-0.1, -0.05) is 0 Å². The van der Waals surface area contributed by atoms with Gasteiger partial charge in [-0.05, 0) is 30.6 Å². The van der Waals surface area contributed by atoms with Crippen molar-refractivity contribution in [2.24, 2.45) is 17.1 Å². The first-order valence-corrected chi connectivity index (χ1v) is 3.62. The largest absolute Gasteiger partial charge is 0.480 e. The van der Waals surface area contributed by atoms with E-state index >= 15 is 0 Å². The van der Waals surface area contributed by atoms with Crippen LogP contribution in [0.3, 0.4) is 0 Å². The maximum atomic E-state index is 10.4. The van der Waals surface area contributed by atoms with E-state index in [0.29, 0.717) is 0 Å². The molecular weight excluding hydrogens is 166 g/mol. The van der Waals surface area contributed by atoms with Crippen molar-refractivity contribution in [1.82, 2.24) is 0 Å². The predicted molar refractivity (Wildman–Crippen MR) is 42.6 cm³/mol. The van der Waals surface area contributed by atoms with Crippen molar-refractivity contribution in [3.63, 3.8) is 0 Å². The molecule has 0 amide bonds. The van der Waals surface area contributed by atoms with Gasteiger partial charge in [0, 0.05) is 0 Å². The zero-order valence-electron chi connectivity index (χ0n) is 6.12. The molecule has 0 aromatic rings. The third-order valence-electron chi connectivity index (χ3n) is 3.01. The van der Waals surface area contributed by atoms with Gasteiger partial charge in [0.25, 0.3) is 0 Å². The predicted octanol–water partition coefficient (Wildman–Crippen LogP) is 0.620. The smallest absolute Gasteiger partial charge is 0.321 e. The Hall–Kier alpha value is -0.280. The van der Waals surface area contributed by atoms with Crippen LogP contribution >= 0.6 is 12.4 Å². The van der Waals surface area contributed by atoms with Crippen molar-refractivity contribution in [2.45, 2.75) is 25.3 Å². The first-order chi connectivity index (χ1) is 4.64. The van der Waals surface area contributed by atoms with Crippen molar-refractivity contribution in [3.8, 4) is 0 Å². The lowest BCUT2D eigenvalue weighted by atomic mass is 9.42. The number of hydrogen-bond donors (Lipinski definition) is 2. The van der Waals surface area contributed by atoms with Crippen molar-refractivity contribution < 1.29 is 9.90 Å². The summed E-state index contributed by atoms with van der Waals surface area (Å²) in [6, 6.07) is -0.600. The Morgan fingerprint density at radius 1 is 1.55 bits per heavy atom. The number of carbonyl (C=O) groups is 1. The second-order valence-corrected chi connectivity index (χ2v) is 3.66. The molecule has 3 saturated carbocycles. The average molecular weight is 178 g/mol. The van der Waals surface area contributed by atoms with E-state index in [9.17, 15) is 4.79 Å². The van der Waals surface area contributed by atoms with Crippen LogP contribution in [0.15, 0.2) is 0 Å². The van der Waals surface area contributed by atoms with Crippen LogP contribution in [-0.2, 0) is 4.79 Å². The van der Waals surface area contributed by atoms with Gasteiger partial charge in [0.15, 0.2) is 0 Å². The van der Waals surface area contributed by atoms with Gasteiger partial charge in [-0.3, -0.25) is 4.79 Å². The van der Waals surface area contributed by atoms with E-state index in [0.717, 1.165) is 25.2 Å². The molecule has 0 aromatic carbocycles. The van der Waals surface area contributed by atoms with Gasteiger partial charge in [0.05, 0.1) is 0 Å². The first kappa shape index (κ1) is 8.81. The standard InChI is InChI=1S/C7H11NO2.ClH/c8-5(6(9)10)7-1-4(2-7)3-7;/h4-5H,1-3,8H2,(H,9,10);1H/t4?,5-,7?;/m0./s1. The van der Waals surface area contributed by atoms with E-state index in [1.54, 1.807) is 0 Å². The van der Waals surface area contributed by atoms with E-state index in [2.05, 4.69) is 0 Å². The summed E-state index contributed by atoms with van der Waals surface area (Å²) in [6.45, 7) is 0. The molecule has 0 aliphatic heterocycles. The van der Waals surface area contributed by atoms with Crippen LogP contribution < -0.4 is 5.73 Å². The number of carboxylic acid groups (broad SMARTS) is 1. The van der Waals surface area contributed by atoms with Gasteiger partial charge in [-0.2, -0.15) is 0 Å². The molecule has 0 spiro atoms. The Morgan fingerprint density at radius 3 is 2.09 bits per heavy atom. The van der Waals surface area contributed by atoms with Gasteiger partial charge in [0.2, 0.25) is 0 Å². The molecular formula is C7H12ClNO2. The van der Waals surface area contributed by atoms with Crippen LogP contribution in [-0.4, -0.2) is 17.1 Å². The summed E-state index contributed by atoms with van der Waals surface area (Å²) in [6.07, 6.45) is 3.17. The maximum absolute atomic E-state index is 10.4. The fourth-order valence-corrected chi connectivity index (χ4v) is 2.19. The molecule has 0 aromatic heterocycles. The van der Waals surface area contributed by atoms with Crippen molar-refractivity contribution in [1.29, 1.82) is 0 Å². The summed E-state index contributed by atoms with van der Waals surface area (Å²) in [5.41, 5.74) is 5.52. The molecule has 0 heterocycles. The molecule has 2 bridgehead atoms. The normalized spacial score (nSPS) is 41.0. The quantitative estimate of drug-likeness (QED) is 0.650. The molecule has 0 saturated heterocycles. The van der Waals surface area contributed by atoms with Gasteiger partial charge in [0.1, 0.15) is 6.04 Å². The number of carboxylic acids is 1. The maximum Gasteiger partial charge on any atom is 0.321 e. The Balaban J connectivity index is 0.000000605. The van der Waals surface area contributed by atoms with Crippen LogP contribution in [0.5, 0.6) is 0 Å². The summed E-state index contributed by atoms with van der Waals surface area (Å²) < 4.78 is 0. The summed E-state index contributed by atoms with van der Waals surface area (Å²) >= 11 is 0. The van der Waals surface area contributed by atoms with Crippen molar-refractivity contribution in [3.05, 3.63) is 0 Å². The minimum Gasteiger partial charge on any atom is -0.480 e. The second-order valence-electron chi connectivity index (χ2n) is 3.66. The molecule has 3 fully saturated rings. The average Bonchev–Trinajstić information content (AvgIpc) is 1.56. The zero-order valence-corrected chi connectivity index (χ0v) is 6.93. The SMILES string of the molecule is Cl.N[C@@H](C(=O)O)C12CC(C1)C2. The first-order valence-electron chi connectivity index (χ1n) is 3.62. The number of hydrogen-bond acceptors (Lipinski definition) is 2. The van der Waals surface area contributed by atoms with Gasteiger partial charge in [-0.15, -0.1) is 12.4 Å². The Bertz CT molecular complexity index is 178. The molecule has 1 atom stereocenters. The van der Waals surface area contributed by atoms with E-state index in [-0.39, 0.29) is 17.8 Å². The van der Waals surface area contributed by atoms with Crippen molar-refractivity contribution in [2.75, 3.05) is 0 Å². The van der Waals surface area contributed by atoms with Crippen LogP contribution in [0.25, 0.3) is 0 Å². The molecule has 3 rings (SSSR count). The Morgan fingerprint density at radius 2 is 2.00 bits per heavy atom. The van der Waals surface area contributed by atoms with E-state index in [4.69, 9.17) is 10.8 Å². The van der Waals surface area contributed by atoms with Gasteiger partial charge < -0.3 is 10.8 Å². The van der Waals surface area contributed by atoms with Gasteiger partial charge >= 0.3 is 5.97 Å². The van der Waals surface area contributed by atoms with Gasteiger partial charge in [-0.25, -0.2) is 0 Å². The minimum absolute atomic E-state index is 0. The molecule has 11 heavy (non-hydrogen) atoms. The molecule has 3 aliphatic carbocycles. The van der Waals surface area contributed by atoms with E-state index < -0.39 is 12.0 Å². The lowest BCUT2D eigenvalue weighted by Crippen LogP contribution is -2.63. The Kier molecular flexibility index (Phi) is 1.89. The molecule has 64 valence electrons. The minimum atomic E-state index is -0.835. The fourth-order valence-electron chi connectivity index (χ4n) is 2.19. The number of nitrogens with two attached hydrogens (primary N) is 1. The zero-order chi connectivity index (χ0) is 7.35. The lowest BCUT2D eigenvalue weighted by Gasteiger charge is -2.63. The number of rotatable bonds is 2. The summed E-state index contributed by atoms with van der Waals surface area (Å²) in [4.78, 5) is 10.4. The van der Waals surface area contributed by atoms with Crippen molar-refractivity contribution >= 4 is 18.4 Å². The number of halogens is 1.